The molecule has 1 rings (SSSR count). The van der Waals surface area contributed by atoms with E-state index in [2.05, 4.69) is 16.4 Å². The number of hydrogen-bond acceptors (Lipinski definition) is 4. The minimum Gasteiger partial charge on any atom is -0.430 e. The molecule has 1 atom stereocenters. The third-order valence-electron chi connectivity index (χ3n) is 1.26. The lowest BCUT2D eigenvalue weighted by Crippen LogP contribution is -2.25. The van der Waals surface area contributed by atoms with E-state index in [1.54, 1.807) is 0 Å². The molecule has 1 aliphatic rings. The lowest BCUT2D eigenvalue weighted by molar-refractivity contribution is -0.389. The van der Waals surface area contributed by atoms with E-state index in [0.29, 0.717) is 13.0 Å². The second-order valence-corrected chi connectivity index (χ2v) is 2.13. The van der Waals surface area contributed by atoms with E-state index in [9.17, 15) is 4.79 Å². The third kappa shape index (κ3) is 2.69. The molecule has 1 unspecified atom stereocenters. The van der Waals surface area contributed by atoms with Crippen LogP contribution in [-0.2, 0) is 19.3 Å². The summed E-state index contributed by atoms with van der Waals surface area (Å²) in [5, 5.41) is 0. The Hall–Kier alpha value is -0.870. The second kappa shape index (κ2) is 4.10. The first kappa shape index (κ1) is 8.23. The van der Waals surface area contributed by atoms with Crippen LogP contribution in [0.1, 0.15) is 12.8 Å². The minimum atomic E-state index is -0.561. The van der Waals surface area contributed by atoms with Crippen molar-refractivity contribution in [2.45, 2.75) is 19.1 Å². The van der Waals surface area contributed by atoms with Gasteiger partial charge in [-0.15, -0.1) is 0 Å². The normalized spacial score (nSPS) is 24.2. The van der Waals surface area contributed by atoms with Gasteiger partial charge in [0.2, 0.25) is 6.29 Å². The lowest BCUT2D eigenvalue weighted by Gasteiger charge is -2.20. The Kier molecular flexibility index (Phi) is 3.07. The van der Waals surface area contributed by atoms with Crippen LogP contribution < -0.4 is 0 Å². The summed E-state index contributed by atoms with van der Waals surface area (Å²) >= 11 is 0. The van der Waals surface area contributed by atoms with Crippen LogP contribution in [-0.4, -0.2) is 18.9 Å². The van der Waals surface area contributed by atoms with E-state index in [1.807, 2.05) is 0 Å². The number of rotatable bonds is 2. The van der Waals surface area contributed by atoms with Crippen LogP contribution in [0.3, 0.4) is 0 Å². The van der Waals surface area contributed by atoms with Gasteiger partial charge in [-0.3, -0.25) is 0 Å². The summed E-state index contributed by atoms with van der Waals surface area (Å²) in [4.78, 5) is 19.9. The summed E-state index contributed by atoms with van der Waals surface area (Å²) in [6.45, 7) is 3.81. The van der Waals surface area contributed by atoms with E-state index in [0.717, 1.165) is 12.5 Å². The molecule has 0 radical (unpaired) electrons. The van der Waals surface area contributed by atoms with E-state index in [1.165, 1.54) is 0 Å². The molecule has 0 aromatic rings. The summed E-state index contributed by atoms with van der Waals surface area (Å²) in [5.41, 5.74) is 0. The minimum absolute atomic E-state index is 0.486. The van der Waals surface area contributed by atoms with Gasteiger partial charge in [0.25, 0.3) is 0 Å². The van der Waals surface area contributed by atoms with E-state index in [4.69, 9.17) is 4.74 Å². The van der Waals surface area contributed by atoms with Crippen LogP contribution in [0.5, 0.6) is 0 Å². The quantitative estimate of drug-likeness (QED) is 0.338. The summed E-state index contributed by atoms with van der Waals surface area (Å²) in [5.74, 6) is -0.486. The van der Waals surface area contributed by atoms with E-state index in [-0.39, 0.29) is 0 Å². The van der Waals surface area contributed by atoms with Crippen LogP contribution in [0.4, 0.5) is 0 Å². The Balaban J connectivity index is 2.24. The zero-order valence-electron chi connectivity index (χ0n) is 6.12. The van der Waals surface area contributed by atoms with Gasteiger partial charge in [-0.2, -0.15) is 4.89 Å². The highest BCUT2D eigenvalue weighted by molar-refractivity contribution is 5.81. The Morgan fingerprint density at radius 1 is 1.73 bits per heavy atom. The molecule has 0 saturated carbocycles. The van der Waals surface area contributed by atoms with Gasteiger partial charge in [-0.1, -0.05) is 6.58 Å². The van der Waals surface area contributed by atoms with E-state index < -0.39 is 12.3 Å². The summed E-state index contributed by atoms with van der Waals surface area (Å²) in [6.07, 6.45) is 2.06. The van der Waals surface area contributed by atoms with Crippen molar-refractivity contribution in [2.24, 2.45) is 0 Å². The van der Waals surface area contributed by atoms with Gasteiger partial charge >= 0.3 is 5.97 Å². The monoisotopic (exact) mass is 158 g/mol. The van der Waals surface area contributed by atoms with Crippen molar-refractivity contribution in [1.82, 2.24) is 0 Å². The molecule has 4 heteroatoms. The highest BCUT2D eigenvalue weighted by atomic mass is 17.2. The molecule has 0 aliphatic carbocycles. The maximum atomic E-state index is 10.6. The molecule has 0 aromatic carbocycles. The molecule has 0 amide bonds. The number of esters is 1. The van der Waals surface area contributed by atoms with Gasteiger partial charge in [0.1, 0.15) is 0 Å². The number of carbonyl (C=O) groups excluding carboxylic acids is 1. The Morgan fingerprint density at radius 2 is 2.55 bits per heavy atom. The van der Waals surface area contributed by atoms with Gasteiger partial charge in [0.15, 0.2) is 0 Å². The van der Waals surface area contributed by atoms with Gasteiger partial charge in [0.05, 0.1) is 6.61 Å². The van der Waals surface area contributed by atoms with Gasteiger partial charge < -0.3 is 4.74 Å². The van der Waals surface area contributed by atoms with Crippen molar-refractivity contribution >= 4 is 5.97 Å². The molecule has 1 saturated heterocycles. The van der Waals surface area contributed by atoms with Crippen molar-refractivity contribution in [2.75, 3.05) is 6.61 Å². The molecular formula is C7H10O4. The first-order chi connectivity index (χ1) is 5.33. The number of carbonyl (C=O) groups is 1. The summed E-state index contributed by atoms with van der Waals surface area (Å²) in [7, 11) is 0. The molecule has 0 N–H and O–H groups in total. The lowest BCUT2D eigenvalue weighted by atomic mass is 10.3. The van der Waals surface area contributed by atoms with Crippen LogP contribution in [0.2, 0.25) is 0 Å². The van der Waals surface area contributed by atoms with Gasteiger partial charge in [-0.25, -0.2) is 9.68 Å². The van der Waals surface area contributed by atoms with Crippen molar-refractivity contribution in [1.29, 1.82) is 0 Å². The fourth-order valence-corrected chi connectivity index (χ4v) is 0.737. The molecule has 1 fully saturated rings. The highest BCUT2D eigenvalue weighted by Gasteiger charge is 2.17. The van der Waals surface area contributed by atoms with Crippen LogP contribution in [0.25, 0.3) is 0 Å². The molecule has 62 valence electrons. The first-order valence-electron chi connectivity index (χ1n) is 3.44. The Bertz CT molecular complexity index is 149. The molecular weight excluding hydrogens is 148 g/mol. The van der Waals surface area contributed by atoms with Crippen molar-refractivity contribution < 1.29 is 19.3 Å². The summed E-state index contributed by atoms with van der Waals surface area (Å²) < 4.78 is 4.74. The topological polar surface area (TPSA) is 44.8 Å². The largest absolute Gasteiger partial charge is 0.430 e. The van der Waals surface area contributed by atoms with Crippen molar-refractivity contribution in [3.63, 3.8) is 0 Å². The molecule has 0 aromatic heterocycles. The number of ether oxygens (including phenoxy) is 1. The van der Waals surface area contributed by atoms with Crippen LogP contribution >= 0.6 is 0 Å². The second-order valence-electron chi connectivity index (χ2n) is 2.13. The number of hydrogen-bond donors (Lipinski definition) is 0. The van der Waals surface area contributed by atoms with Gasteiger partial charge in [-0.05, 0) is 6.42 Å². The fraction of sp³-hybridized carbons (Fsp3) is 0.571. The zero-order valence-corrected chi connectivity index (χ0v) is 6.12. The third-order valence-corrected chi connectivity index (χ3v) is 1.26. The summed E-state index contributed by atoms with van der Waals surface area (Å²) in [6, 6.07) is 0. The highest BCUT2D eigenvalue weighted by Crippen LogP contribution is 2.11. The van der Waals surface area contributed by atoms with Crippen molar-refractivity contribution in [3.05, 3.63) is 12.7 Å². The smallest absolute Gasteiger partial charge is 0.332 e. The molecule has 0 spiro atoms. The molecule has 0 bridgehead atoms. The van der Waals surface area contributed by atoms with Crippen molar-refractivity contribution in [3.8, 4) is 0 Å². The fourth-order valence-electron chi connectivity index (χ4n) is 0.737. The van der Waals surface area contributed by atoms with Gasteiger partial charge in [0, 0.05) is 12.5 Å². The average molecular weight is 158 g/mol. The molecule has 1 aliphatic heterocycles. The van der Waals surface area contributed by atoms with Crippen LogP contribution in [0, 0.1) is 0 Å². The first-order valence-corrected chi connectivity index (χ1v) is 3.44. The Morgan fingerprint density at radius 3 is 3.09 bits per heavy atom. The predicted octanol–water partition coefficient (Wildman–Crippen LogP) is 0.784. The average Bonchev–Trinajstić information content (AvgIpc) is 2.06. The maximum absolute atomic E-state index is 10.6. The SMILES string of the molecule is C=CC(=O)OC1CCCOO1. The Labute approximate surface area is 64.7 Å². The predicted molar refractivity (Wildman–Crippen MR) is 36.3 cm³/mol. The molecule has 11 heavy (non-hydrogen) atoms. The molecule has 1 heterocycles. The molecule has 4 nitrogen and oxygen atoms in total. The standard InChI is InChI=1S/C7H10O4/c1-2-6(8)10-7-4-3-5-9-11-7/h2,7H,1,3-5H2. The maximum Gasteiger partial charge on any atom is 0.332 e. The zero-order chi connectivity index (χ0) is 8.10. The van der Waals surface area contributed by atoms with Crippen LogP contribution in [0.15, 0.2) is 12.7 Å². The van der Waals surface area contributed by atoms with E-state index >= 15 is 0 Å².